The zero-order valence-electron chi connectivity index (χ0n) is 21.3. The van der Waals surface area contributed by atoms with Gasteiger partial charge in [-0.15, -0.1) is 0 Å². The minimum atomic E-state index is -4.68. The van der Waals surface area contributed by atoms with E-state index in [-0.39, 0.29) is 23.6 Å². The van der Waals surface area contributed by atoms with E-state index in [1.54, 1.807) is 26.0 Å². The van der Waals surface area contributed by atoms with Crippen LogP contribution < -0.4 is 5.32 Å². The lowest BCUT2D eigenvalue weighted by molar-refractivity contribution is -0.145. The van der Waals surface area contributed by atoms with Gasteiger partial charge in [0.1, 0.15) is 23.3 Å². The summed E-state index contributed by atoms with van der Waals surface area (Å²) in [6.07, 6.45) is -2.16. The quantitative estimate of drug-likeness (QED) is 0.482. The summed E-state index contributed by atoms with van der Waals surface area (Å²) in [5.74, 6) is -1.72. The summed E-state index contributed by atoms with van der Waals surface area (Å²) in [6, 6.07) is 3.77. The van der Waals surface area contributed by atoms with Crippen molar-refractivity contribution in [2.75, 3.05) is 12.4 Å². The zero-order chi connectivity index (χ0) is 28.8. The molecule has 13 nitrogen and oxygen atoms in total. The van der Waals surface area contributed by atoms with Crippen molar-refractivity contribution in [1.82, 2.24) is 34.8 Å². The van der Waals surface area contributed by atoms with Crippen LogP contribution in [0.25, 0.3) is 11.3 Å². The minimum Gasteiger partial charge on any atom is -0.361 e. The van der Waals surface area contributed by atoms with Crippen molar-refractivity contribution >= 4 is 30.0 Å². The molecule has 16 heteroatoms. The number of likely N-dealkylation sites (N-methyl/N-ethyl adjacent to an activating group) is 1. The molecule has 0 saturated carbocycles. The fourth-order valence-corrected chi connectivity index (χ4v) is 4.36. The number of halogens is 3. The molecule has 3 aromatic rings. The number of nitrogens with zero attached hydrogens (tertiary/aromatic N) is 8. The first-order valence-electron chi connectivity index (χ1n) is 11.9. The lowest BCUT2D eigenvalue weighted by Crippen LogP contribution is -2.66. The van der Waals surface area contributed by atoms with Gasteiger partial charge in [0, 0.05) is 31.1 Å². The number of pyridine rings is 1. The highest BCUT2D eigenvalue weighted by Crippen LogP contribution is 2.29. The molecule has 5 rings (SSSR count). The largest absolute Gasteiger partial charge is 0.451 e. The van der Waals surface area contributed by atoms with E-state index in [0.717, 1.165) is 17.3 Å². The van der Waals surface area contributed by atoms with Crippen molar-refractivity contribution in [3.63, 3.8) is 0 Å². The number of aryl methyl sites for hydroxylation is 1. The van der Waals surface area contributed by atoms with Gasteiger partial charge in [0.25, 0.3) is 5.91 Å². The molecule has 0 bridgehead atoms. The molecule has 2 aliphatic rings. The first kappa shape index (κ1) is 26.7. The summed E-state index contributed by atoms with van der Waals surface area (Å²) >= 11 is 0. The lowest BCUT2D eigenvalue weighted by Gasteiger charge is -2.42. The molecule has 1 saturated heterocycles. The number of fused-ring (bicyclic) bond motifs is 1. The highest BCUT2D eigenvalue weighted by atomic mass is 19.4. The number of nitrogens with one attached hydrogen (secondary N) is 1. The summed E-state index contributed by atoms with van der Waals surface area (Å²) in [5, 5.41) is 6.50. The summed E-state index contributed by atoms with van der Waals surface area (Å²) in [6.45, 7) is 3.14. The number of carbonyl (C=O) groups is 3. The zero-order valence-corrected chi connectivity index (χ0v) is 21.3. The van der Waals surface area contributed by atoms with E-state index < -0.39 is 48.1 Å². The topological polar surface area (TPSA) is 150 Å². The molecule has 1 N–H and O–H groups in total. The first-order valence-corrected chi connectivity index (χ1v) is 11.9. The number of amides is 4. The fraction of sp³-hybridized carbons (Fsp3) is 0.333. The average Bonchev–Trinajstić information content (AvgIpc) is 3.55. The first-order chi connectivity index (χ1) is 18.9. The van der Waals surface area contributed by atoms with Crippen molar-refractivity contribution in [1.29, 1.82) is 0 Å². The third-order valence-corrected chi connectivity index (χ3v) is 6.43. The van der Waals surface area contributed by atoms with Crippen LogP contribution in [-0.2, 0) is 22.3 Å². The van der Waals surface area contributed by atoms with E-state index in [4.69, 9.17) is 4.52 Å². The number of alkyl halides is 3. The lowest BCUT2D eigenvalue weighted by atomic mass is 10.1. The maximum absolute atomic E-state index is 13.4. The molecule has 4 amide bonds. The highest BCUT2D eigenvalue weighted by Gasteiger charge is 2.51. The summed E-state index contributed by atoms with van der Waals surface area (Å²) in [5.41, 5.74) is 0.851. The van der Waals surface area contributed by atoms with Crippen LogP contribution in [0, 0.1) is 6.92 Å². The van der Waals surface area contributed by atoms with Crippen LogP contribution in [0.3, 0.4) is 0 Å². The Labute approximate surface area is 224 Å². The summed E-state index contributed by atoms with van der Waals surface area (Å²) in [4.78, 5) is 58.5. The number of carbonyl (C=O) groups excluding carboxylic acids is 3. The SMILES string of the molecule is Cc1cc(CN2C(=O)C3C(N=CN3[C@@H](C)C(=O)Nc3cccc(-c4cnc(C(F)(F)F)nc4)n3)N(C)C2=O)no1. The van der Waals surface area contributed by atoms with Crippen LogP contribution in [0.2, 0.25) is 0 Å². The molecule has 208 valence electrons. The third-order valence-electron chi connectivity index (χ3n) is 6.43. The fourth-order valence-electron chi connectivity index (χ4n) is 4.36. The number of hydrogen-bond donors (Lipinski definition) is 1. The van der Waals surface area contributed by atoms with Gasteiger partial charge >= 0.3 is 12.2 Å². The molecule has 1 fully saturated rings. The van der Waals surface area contributed by atoms with E-state index in [1.165, 1.54) is 35.3 Å². The van der Waals surface area contributed by atoms with Gasteiger partial charge < -0.3 is 19.6 Å². The number of urea groups is 1. The van der Waals surface area contributed by atoms with E-state index in [2.05, 4.69) is 30.4 Å². The molecule has 5 heterocycles. The molecule has 2 aliphatic heterocycles. The van der Waals surface area contributed by atoms with Crippen LogP contribution in [0.1, 0.15) is 24.2 Å². The number of hydrogen-bond acceptors (Lipinski definition) is 10. The van der Waals surface area contributed by atoms with Gasteiger partial charge in [-0.2, -0.15) is 13.2 Å². The van der Waals surface area contributed by atoms with Gasteiger partial charge in [0.2, 0.25) is 11.7 Å². The number of aromatic nitrogens is 4. The van der Waals surface area contributed by atoms with Gasteiger partial charge in [0.05, 0.1) is 18.6 Å². The predicted molar refractivity (Wildman–Crippen MR) is 131 cm³/mol. The maximum atomic E-state index is 13.4. The minimum absolute atomic E-state index is 0.110. The Kier molecular flexibility index (Phi) is 6.69. The monoisotopic (exact) mass is 557 g/mol. The maximum Gasteiger partial charge on any atom is 0.451 e. The Morgan fingerprint density at radius 3 is 2.58 bits per heavy atom. The molecule has 3 atom stereocenters. The molecule has 0 radical (unpaired) electrons. The van der Waals surface area contributed by atoms with Crippen LogP contribution in [-0.4, -0.2) is 84.3 Å². The van der Waals surface area contributed by atoms with Gasteiger partial charge in [-0.3, -0.25) is 14.5 Å². The molecule has 40 heavy (non-hydrogen) atoms. The van der Waals surface area contributed by atoms with Gasteiger partial charge in [0.15, 0.2) is 12.2 Å². The van der Waals surface area contributed by atoms with Crippen LogP contribution in [0.5, 0.6) is 0 Å². The second-order valence-corrected chi connectivity index (χ2v) is 9.18. The number of imide groups is 1. The molecule has 0 aromatic carbocycles. The second-order valence-electron chi connectivity index (χ2n) is 9.18. The average molecular weight is 557 g/mol. The van der Waals surface area contributed by atoms with E-state index in [9.17, 15) is 27.6 Å². The van der Waals surface area contributed by atoms with E-state index in [1.807, 2.05) is 0 Å². The molecule has 0 spiro atoms. The molecular weight excluding hydrogens is 535 g/mol. The predicted octanol–water partition coefficient (Wildman–Crippen LogP) is 2.31. The van der Waals surface area contributed by atoms with Gasteiger partial charge in [-0.1, -0.05) is 11.2 Å². The van der Waals surface area contributed by atoms with Gasteiger partial charge in [-0.25, -0.2) is 24.7 Å². The summed E-state index contributed by atoms with van der Waals surface area (Å²) in [7, 11) is 1.51. The van der Waals surface area contributed by atoms with Crippen LogP contribution >= 0.6 is 0 Å². The van der Waals surface area contributed by atoms with Crippen molar-refractivity contribution in [3.05, 3.63) is 53.9 Å². The number of rotatable bonds is 6. The Bertz CT molecular complexity index is 1490. The highest BCUT2D eigenvalue weighted by molar-refractivity contribution is 6.03. The van der Waals surface area contributed by atoms with E-state index >= 15 is 0 Å². The Balaban J connectivity index is 1.30. The summed E-state index contributed by atoms with van der Waals surface area (Å²) < 4.78 is 43.3. The van der Waals surface area contributed by atoms with Gasteiger partial charge in [-0.05, 0) is 26.0 Å². The second kappa shape index (κ2) is 10.0. The number of aliphatic imine (C=N–C) groups is 1. The van der Waals surface area contributed by atoms with Crippen molar-refractivity contribution in [2.45, 2.75) is 44.8 Å². The Hall–Kier alpha value is -4.89. The van der Waals surface area contributed by atoms with Crippen molar-refractivity contribution < 1.29 is 32.1 Å². The Morgan fingerprint density at radius 1 is 1.20 bits per heavy atom. The van der Waals surface area contributed by atoms with Crippen molar-refractivity contribution in [2.24, 2.45) is 4.99 Å². The third kappa shape index (κ3) is 4.94. The standard InChI is InChI=1S/C24H22F3N9O4/c1-12-7-15(33-40-12)10-35-21(38)18-19(34(3)23(35)39)30-11-36(18)13(2)20(37)32-17-6-4-5-16(31-17)14-8-28-22(29-9-14)24(25,26)27/h4-9,11,13,18-19H,10H2,1-3H3,(H,31,32,37)/t13-,18?,19?/m0/s1. The van der Waals surface area contributed by atoms with E-state index in [0.29, 0.717) is 11.5 Å². The molecule has 3 aromatic heterocycles. The molecular formula is C24H22F3N9O4. The van der Waals surface area contributed by atoms with Crippen LogP contribution in [0.15, 0.2) is 46.2 Å². The number of anilines is 1. The smallest absolute Gasteiger partial charge is 0.361 e. The molecule has 0 aliphatic carbocycles. The normalized spacial score (nSPS) is 19.7. The van der Waals surface area contributed by atoms with Crippen LogP contribution in [0.4, 0.5) is 23.8 Å². The Morgan fingerprint density at radius 2 is 1.93 bits per heavy atom. The van der Waals surface area contributed by atoms with Crippen molar-refractivity contribution in [3.8, 4) is 11.3 Å². The molecule has 2 unspecified atom stereocenters.